The summed E-state index contributed by atoms with van der Waals surface area (Å²) in [5, 5.41) is 3.01. The van der Waals surface area contributed by atoms with Crippen LogP contribution in [0.4, 0.5) is 10.1 Å². The molecule has 1 fully saturated rings. The molecule has 0 bridgehead atoms. The fraction of sp³-hybridized carbons (Fsp3) is 0.562. The quantitative estimate of drug-likeness (QED) is 0.891. The third-order valence-corrected chi connectivity index (χ3v) is 3.96. The number of anilines is 1. The Morgan fingerprint density at radius 1 is 1.48 bits per heavy atom. The Balaban J connectivity index is 1.96. The summed E-state index contributed by atoms with van der Waals surface area (Å²) in [6.45, 7) is 5.44. The van der Waals surface area contributed by atoms with Crippen LogP contribution in [0.5, 0.6) is 0 Å². The van der Waals surface area contributed by atoms with Crippen LogP contribution in [0, 0.1) is 11.7 Å². The molecule has 0 radical (unpaired) electrons. The zero-order chi connectivity index (χ0) is 15.4. The molecule has 4 nitrogen and oxygen atoms in total. The molecule has 2 rings (SSSR count). The Hall–Kier alpha value is -1.62. The van der Waals surface area contributed by atoms with Crippen molar-refractivity contribution in [1.29, 1.82) is 0 Å². The van der Waals surface area contributed by atoms with Crippen LogP contribution in [-0.2, 0) is 4.79 Å². The zero-order valence-electron chi connectivity index (χ0n) is 12.7. The van der Waals surface area contributed by atoms with Crippen molar-refractivity contribution >= 4 is 11.6 Å². The maximum Gasteiger partial charge on any atom is 0.237 e. The third kappa shape index (κ3) is 4.17. The monoisotopic (exact) mass is 293 g/mol. The number of halogens is 1. The first-order chi connectivity index (χ1) is 9.97. The van der Waals surface area contributed by atoms with Gasteiger partial charge in [0.25, 0.3) is 0 Å². The molecule has 1 unspecified atom stereocenters. The number of carbonyl (C=O) groups is 1. The van der Waals surface area contributed by atoms with E-state index in [1.165, 1.54) is 12.1 Å². The molecular weight excluding hydrogens is 269 g/mol. The van der Waals surface area contributed by atoms with Gasteiger partial charge >= 0.3 is 0 Å². The van der Waals surface area contributed by atoms with Crippen molar-refractivity contribution in [2.75, 3.05) is 18.0 Å². The fourth-order valence-corrected chi connectivity index (χ4v) is 2.60. The maximum atomic E-state index is 13.3. The average Bonchev–Trinajstić information content (AvgIpc) is 2.46. The second-order valence-electron chi connectivity index (χ2n) is 6.04. The molecule has 1 aliphatic rings. The van der Waals surface area contributed by atoms with Gasteiger partial charge in [0.15, 0.2) is 0 Å². The number of carbonyl (C=O) groups excluding carboxylic acids is 1. The van der Waals surface area contributed by atoms with Gasteiger partial charge in [0, 0.05) is 24.8 Å². The standard InChI is InChI=1S/C16H24FN3O/c1-11(2)15(18)16(21)19-13-6-4-8-20(10-13)14-7-3-5-12(17)9-14/h3,5,7,9,11,13,15H,4,6,8,10,18H2,1-2H3,(H,19,21)/t13?,15-/m0/s1. The number of piperidine rings is 1. The second kappa shape index (κ2) is 6.89. The summed E-state index contributed by atoms with van der Waals surface area (Å²) in [4.78, 5) is 14.1. The second-order valence-corrected chi connectivity index (χ2v) is 6.04. The largest absolute Gasteiger partial charge is 0.369 e. The van der Waals surface area contributed by atoms with Crippen LogP contribution in [0.25, 0.3) is 0 Å². The topological polar surface area (TPSA) is 58.4 Å². The lowest BCUT2D eigenvalue weighted by Gasteiger charge is -2.35. The summed E-state index contributed by atoms with van der Waals surface area (Å²) < 4.78 is 13.3. The van der Waals surface area contributed by atoms with Gasteiger partial charge in [-0.25, -0.2) is 4.39 Å². The number of nitrogens with two attached hydrogens (primary N) is 1. The molecule has 1 saturated heterocycles. The molecule has 1 aromatic carbocycles. The van der Waals surface area contributed by atoms with Crippen molar-refractivity contribution in [1.82, 2.24) is 5.32 Å². The van der Waals surface area contributed by atoms with Crippen LogP contribution < -0.4 is 16.0 Å². The predicted molar refractivity (Wildman–Crippen MR) is 82.6 cm³/mol. The van der Waals surface area contributed by atoms with E-state index in [1.54, 1.807) is 6.07 Å². The molecule has 0 saturated carbocycles. The molecule has 116 valence electrons. The van der Waals surface area contributed by atoms with Crippen molar-refractivity contribution in [2.45, 2.75) is 38.8 Å². The zero-order valence-corrected chi connectivity index (χ0v) is 12.7. The summed E-state index contributed by atoms with van der Waals surface area (Å²) in [7, 11) is 0. The molecule has 1 amide bonds. The predicted octanol–water partition coefficient (Wildman–Crippen LogP) is 1.89. The Labute approximate surface area is 125 Å². The van der Waals surface area contributed by atoms with Crippen molar-refractivity contribution in [2.24, 2.45) is 11.7 Å². The highest BCUT2D eigenvalue weighted by Crippen LogP contribution is 2.20. The van der Waals surface area contributed by atoms with E-state index in [-0.39, 0.29) is 23.7 Å². The molecule has 2 atom stereocenters. The number of nitrogens with one attached hydrogen (secondary N) is 1. The molecule has 1 aromatic rings. The van der Waals surface area contributed by atoms with Gasteiger partial charge in [-0.2, -0.15) is 0 Å². The molecule has 0 aromatic heterocycles. The van der Waals surface area contributed by atoms with E-state index in [0.717, 1.165) is 25.1 Å². The Morgan fingerprint density at radius 2 is 2.24 bits per heavy atom. The van der Waals surface area contributed by atoms with Crippen LogP contribution >= 0.6 is 0 Å². The average molecular weight is 293 g/mol. The van der Waals surface area contributed by atoms with Crippen LogP contribution in [0.3, 0.4) is 0 Å². The van der Waals surface area contributed by atoms with Crippen molar-refractivity contribution in [3.8, 4) is 0 Å². The number of benzene rings is 1. The van der Waals surface area contributed by atoms with Gasteiger partial charge < -0.3 is 16.0 Å². The first-order valence-corrected chi connectivity index (χ1v) is 7.54. The highest BCUT2D eigenvalue weighted by molar-refractivity contribution is 5.82. The van der Waals surface area contributed by atoms with E-state index in [1.807, 2.05) is 19.9 Å². The molecule has 1 heterocycles. The van der Waals surface area contributed by atoms with E-state index < -0.39 is 6.04 Å². The van der Waals surface area contributed by atoms with Gasteiger partial charge in [0.2, 0.25) is 5.91 Å². The highest BCUT2D eigenvalue weighted by Gasteiger charge is 2.25. The lowest BCUT2D eigenvalue weighted by Crippen LogP contribution is -2.53. The van der Waals surface area contributed by atoms with Crippen molar-refractivity contribution in [3.63, 3.8) is 0 Å². The summed E-state index contributed by atoms with van der Waals surface area (Å²) in [5.41, 5.74) is 6.73. The van der Waals surface area contributed by atoms with E-state index in [0.29, 0.717) is 6.54 Å². The van der Waals surface area contributed by atoms with Gasteiger partial charge in [-0.05, 0) is 37.0 Å². The van der Waals surface area contributed by atoms with Gasteiger partial charge in [-0.3, -0.25) is 4.79 Å². The Bertz CT molecular complexity index is 492. The fourth-order valence-electron chi connectivity index (χ4n) is 2.60. The first-order valence-electron chi connectivity index (χ1n) is 7.54. The highest BCUT2D eigenvalue weighted by atomic mass is 19.1. The minimum atomic E-state index is -0.477. The van der Waals surface area contributed by atoms with Gasteiger partial charge in [0.1, 0.15) is 5.82 Å². The SMILES string of the molecule is CC(C)[C@H](N)C(=O)NC1CCCN(c2cccc(F)c2)C1. The van der Waals surface area contributed by atoms with Crippen molar-refractivity contribution < 1.29 is 9.18 Å². The normalized spacial score (nSPS) is 20.4. The maximum absolute atomic E-state index is 13.3. The number of amides is 1. The van der Waals surface area contributed by atoms with E-state index in [2.05, 4.69) is 10.2 Å². The number of hydrogen-bond acceptors (Lipinski definition) is 3. The minimum Gasteiger partial charge on any atom is -0.369 e. The van der Waals surface area contributed by atoms with Crippen LogP contribution in [0.15, 0.2) is 24.3 Å². The number of hydrogen-bond donors (Lipinski definition) is 2. The lowest BCUT2D eigenvalue weighted by atomic mass is 10.0. The lowest BCUT2D eigenvalue weighted by molar-refractivity contribution is -0.124. The smallest absolute Gasteiger partial charge is 0.237 e. The Kier molecular flexibility index (Phi) is 5.17. The van der Waals surface area contributed by atoms with Gasteiger partial charge in [-0.1, -0.05) is 19.9 Å². The van der Waals surface area contributed by atoms with Crippen molar-refractivity contribution in [3.05, 3.63) is 30.1 Å². The van der Waals surface area contributed by atoms with E-state index >= 15 is 0 Å². The molecule has 1 aliphatic heterocycles. The van der Waals surface area contributed by atoms with Crippen LogP contribution in [0.1, 0.15) is 26.7 Å². The van der Waals surface area contributed by atoms with Gasteiger partial charge in [0.05, 0.1) is 6.04 Å². The summed E-state index contributed by atoms with van der Waals surface area (Å²) in [5.74, 6) is -0.218. The van der Waals surface area contributed by atoms with E-state index in [9.17, 15) is 9.18 Å². The molecule has 3 N–H and O–H groups in total. The summed E-state index contributed by atoms with van der Waals surface area (Å²) >= 11 is 0. The molecular formula is C16H24FN3O. The summed E-state index contributed by atoms with van der Waals surface area (Å²) in [6, 6.07) is 6.17. The van der Waals surface area contributed by atoms with Crippen LogP contribution in [0.2, 0.25) is 0 Å². The van der Waals surface area contributed by atoms with Crippen LogP contribution in [-0.4, -0.2) is 31.1 Å². The first kappa shape index (κ1) is 15.8. The summed E-state index contributed by atoms with van der Waals surface area (Å²) in [6.07, 6.45) is 1.90. The van der Waals surface area contributed by atoms with E-state index in [4.69, 9.17) is 5.73 Å². The number of nitrogens with zero attached hydrogens (tertiary/aromatic N) is 1. The molecule has 0 spiro atoms. The Morgan fingerprint density at radius 3 is 2.90 bits per heavy atom. The minimum absolute atomic E-state index is 0.0688. The molecule has 0 aliphatic carbocycles. The molecule has 21 heavy (non-hydrogen) atoms. The number of rotatable bonds is 4. The molecule has 5 heteroatoms. The van der Waals surface area contributed by atoms with Gasteiger partial charge in [-0.15, -0.1) is 0 Å². The third-order valence-electron chi connectivity index (χ3n) is 3.96.